The zero-order chi connectivity index (χ0) is 15.2. The maximum atomic E-state index is 10.9. The highest BCUT2D eigenvalue weighted by molar-refractivity contribution is 9.10. The fourth-order valence-electron chi connectivity index (χ4n) is 1.92. The quantitative estimate of drug-likeness (QED) is 0.466. The molecule has 21 heavy (non-hydrogen) atoms. The van der Waals surface area contributed by atoms with Crippen molar-refractivity contribution in [1.82, 2.24) is 0 Å². The van der Waals surface area contributed by atoms with E-state index in [9.17, 15) is 10.1 Å². The summed E-state index contributed by atoms with van der Waals surface area (Å²) in [7, 11) is 0. The summed E-state index contributed by atoms with van der Waals surface area (Å²) in [5.41, 5.74) is 1.13. The lowest BCUT2D eigenvalue weighted by molar-refractivity contribution is -0.385. The van der Waals surface area contributed by atoms with Gasteiger partial charge in [-0.15, -0.1) is 0 Å². The molecule has 0 aliphatic heterocycles. The van der Waals surface area contributed by atoms with Crippen LogP contribution < -0.4 is 4.74 Å². The van der Waals surface area contributed by atoms with Crippen LogP contribution in [0.15, 0.2) is 53.0 Å². The molecule has 0 aliphatic rings. The van der Waals surface area contributed by atoms with E-state index >= 15 is 0 Å². The Morgan fingerprint density at radius 3 is 2.52 bits per heavy atom. The zero-order valence-electron chi connectivity index (χ0n) is 11.1. The Hall–Kier alpha value is -1.53. The molecule has 6 heteroatoms. The number of hydrogen-bond donors (Lipinski definition) is 1. The molecule has 1 atom stereocenters. The summed E-state index contributed by atoms with van der Waals surface area (Å²) in [5, 5.41) is 10.9. The predicted octanol–water partition coefficient (Wildman–Crippen LogP) is 4.45. The van der Waals surface area contributed by atoms with Crippen molar-refractivity contribution in [2.24, 2.45) is 0 Å². The predicted molar refractivity (Wildman–Crippen MR) is 89.3 cm³/mol. The minimum absolute atomic E-state index is 0.00497. The van der Waals surface area contributed by atoms with Crippen LogP contribution in [-0.4, -0.2) is 17.3 Å². The van der Waals surface area contributed by atoms with Gasteiger partial charge in [-0.05, 0) is 27.6 Å². The average molecular weight is 368 g/mol. The highest BCUT2D eigenvalue weighted by Gasteiger charge is 2.17. The van der Waals surface area contributed by atoms with Gasteiger partial charge in [0.1, 0.15) is 10.2 Å². The summed E-state index contributed by atoms with van der Waals surface area (Å²) in [6.07, 6.45) is 0. The molecule has 0 N–H and O–H groups in total. The fraction of sp³-hybridized carbons (Fsp3) is 0.200. The fourth-order valence-corrected chi connectivity index (χ4v) is 2.76. The molecule has 0 saturated carbocycles. The van der Waals surface area contributed by atoms with Gasteiger partial charge >= 0.3 is 0 Å². The van der Waals surface area contributed by atoms with Crippen molar-refractivity contribution in [3.8, 4) is 5.75 Å². The Bertz CT molecular complexity index is 622. The summed E-state index contributed by atoms with van der Waals surface area (Å²) in [6, 6.07) is 14.7. The first-order valence-corrected chi connectivity index (χ1v) is 7.77. The van der Waals surface area contributed by atoms with E-state index in [2.05, 4.69) is 28.6 Å². The standard InChI is InChI=1S/C15H14BrNO3S/c16-15-13(17(18)19)7-4-8-14(15)20-9-12(10-21)11-5-2-1-3-6-11/h1-8,12,21H,9-10H2. The molecule has 4 nitrogen and oxygen atoms in total. The summed E-state index contributed by atoms with van der Waals surface area (Å²) in [5.74, 6) is 1.23. The maximum Gasteiger partial charge on any atom is 0.287 e. The first kappa shape index (κ1) is 15.9. The van der Waals surface area contributed by atoms with Gasteiger partial charge in [0.05, 0.1) is 11.5 Å². The molecule has 0 radical (unpaired) electrons. The summed E-state index contributed by atoms with van der Waals surface area (Å²) >= 11 is 7.58. The molecule has 110 valence electrons. The topological polar surface area (TPSA) is 52.4 Å². The number of thiol groups is 1. The van der Waals surface area contributed by atoms with Crippen molar-refractivity contribution in [2.75, 3.05) is 12.4 Å². The van der Waals surface area contributed by atoms with Gasteiger partial charge in [-0.25, -0.2) is 0 Å². The number of nitro benzene ring substituents is 1. The molecule has 2 rings (SSSR count). The second-order valence-electron chi connectivity index (χ2n) is 4.45. The average Bonchev–Trinajstić information content (AvgIpc) is 2.50. The zero-order valence-corrected chi connectivity index (χ0v) is 13.6. The normalized spacial score (nSPS) is 11.9. The van der Waals surface area contributed by atoms with E-state index in [-0.39, 0.29) is 11.6 Å². The van der Waals surface area contributed by atoms with E-state index in [1.807, 2.05) is 30.3 Å². The molecule has 2 aromatic rings. The van der Waals surface area contributed by atoms with Crippen LogP contribution in [0.1, 0.15) is 11.5 Å². The molecule has 0 bridgehead atoms. The van der Waals surface area contributed by atoms with Crippen molar-refractivity contribution in [3.05, 3.63) is 68.7 Å². The second kappa shape index (κ2) is 7.47. The van der Waals surface area contributed by atoms with E-state index in [1.165, 1.54) is 6.07 Å². The lowest BCUT2D eigenvalue weighted by Gasteiger charge is -2.16. The maximum absolute atomic E-state index is 10.9. The first-order chi connectivity index (χ1) is 10.1. The van der Waals surface area contributed by atoms with Crippen LogP contribution in [0.4, 0.5) is 5.69 Å². The third-order valence-corrected chi connectivity index (χ3v) is 4.31. The van der Waals surface area contributed by atoms with E-state index in [4.69, 9.17) is 4.74 Å². The molecule has 0 aromatic heterocycles. The number of rotatable bonds is 6. The Morgan fingerprint density at radius 2 is 1.90 bits per heavy atom. The van der Waals surface area contributed by atoms with Crippen molar-refractivity contribution >= 4 is 34.2 Å². The lowest BCUT2D eigenvalue weighted by atomic mass is 10.0. The monoisotopic (exact) mass is 367 g/mol. The lowest BCUT2D eigenvalue weighted by Crippen LogP contribution is -2.12. The Labute approximate surface area is 136 Å². The minimum atomic E-state index is -0.440. The number of benzene rings is 2. The number of nitro groups is 1. The largest absolute Gasteiger partial charge is 0.491 e. The SMILES string of the molecule is O=[N+]([O-])c1cccc(OCC(CS)c2ccccc2)c1Br. The molecule has 0 amide bonds. The van der Waals surface area contributed by atoms with E-state index in [1.54, 1.807) is 12.1 Å². The third-order valence-electron chi connectivity index (χ3n) is 3.07. The van der Waals surface area contributed by atoms with Gasteiger partial charge in [0.15, 0.2) is 0 Å². The van der Waals surface area contributed by atoms with Crippen LogP contribution in [0.5, 0.6) is 5.75 Å². The van der Waals surface area contributed by atoms with Crippen molar-refractivity contribution in [2.45, 2.75) is 5.92 Å². The molecule has 0 fully saturated rings. The smallest absolute Gasteiger partial charge is 0.287 e. The molecule has 2 aromatic carbocycles. The summed E-state index contributed by atoms with van der Waals surface area (Å²) < 4.78 is 6.10. The summed E-state index contributed by atoms with van der Waals surface area (Å²) in [4.78, 5) is 10.5. The Kier molecular flexibility index (Phi) is 5.64. The van der Waals surface area contributed by atoms with Crippen LogP contribution in [-0.2, 0) is 0 Å². The van der Waals surface area contributed by atoms with Gasteiger partial charge < -0.3 is 4.74 Å². The van der Waals surface area contributed by atoms with E-state index in [0.717, 1.165) is 5.56 Å². The van der Waals surface area contributed by atoms with Crippen LogP contribution >= 0.6 is 28.6 Å². The van der Waals surface area contributed by atoms with Gasteiger partial charge in [-0.2, -0.15) is 12.6 Å². The number of ether oxygens (including phenoxy) is 1. The first-order valence-electron chi connectivity index (χ1n) is 6.35. The Balaban J connectivity index is 2.12. The van der Waals surface area contributed by atoms with Crippen LogP contribution in [0.3, 0.4) is 0 Å². The van der Waals surface area contributed by atoms with Gasteiger partial charge in [-0.3, -0.25) is 10.1 Å². The van der Waals surface area contributed by atoms with Crippen LogP contribution in [0.2, 0.25) is 0 Å². The second-order valence-corrected chi connectivity index (χ2v) is 5.61. The Morgan fingerprint density at radius 1 is 1.19 bits per heavy atom. The van der Waals surface area contributed by atoms with Crippen molar-refractivity contribution in [3.63, 3.8) is 0 Å². The molecule has 0 heterocycles. The van der Waals surface area contributed by atoms with Gasteiger partial charge in [-0.1, -0.05) is 36.4 Å². The molecule has 1 unspecified atom stereocenters. The van der Waals surface area contributed by atoms with Crippen molar-refractivity contribution < 1.29 is 9.66 Å². The molecule has 0 saturated heterocycles. The number of hydrogen-bond acceptors (Lipinski definition) is 4. The van der Waals surface area contributed by atoms with Gasteiger partial charge in [0, 0.05) is 17.7 Å². The molecular weight excluding hydrogens is 354 g/mol. The highest BCUT2D eigenvalue weighted by Crippen LogP contribution is 2.34. The number of halogens is 1. The third kappa shape index (κ3) is 3.98. The molecule has 0 spiro atoms. The minimum Gasteiger partial charge on any atom is -0.491 e. The number of nitrogens with zero attached hydrogens (tertiary/aromatic N) is 1. The summed E-state index contributed by atoms with van der Waals surface area (Å²) in [6.45, 7) is 0.410. The van der Waals surface area contributed by atoms with Gasteiger partial charge in [0.25, 0.3) is 5.69 Å². The highest BCUT2D eigenvalue weighted by atomic mass is 79.9. The van der Waals surface area contributed by atoms with E-state index < -0.39 is 4.92 Å². The van der Waals surface area contributed by atoms with E-state index in [0.29, 0.717) is 22.6 Å². The molecule has 0 aliphatic carbocycles. The van der Waals surface area contributed by atoms with Crippen LogP contribution in [0.25, 0.3) is 0 Å². The van der Waals surface area contributed by atoms with Gasteiger partial charge in [0.2, 0.25) is 0 Å². The van der Waals surface area contributed by atoms with Crippen molar-refractivity contribution in [1.29, 1.82) is 0 Å². The van der Waals surface area contributed by atoms with Crippen LogP contribution in [0, 0.1) is 10.1 Å². The molecular formula is C15H14BrNO3S.